The molecule has 0 aliphatic heterocycles. The molecule has 0 spiro atoms. The molecule has 20 heavy (non-hydrogen) atoms. The lowest BCUT2D eigenvalue weighted by Crippen LogP contribution is -2.13. The summed E-state index contributed by atoms with van der Waals surface area (Å²) in [7, 11) is 0. The van der Waals surface area contributed by atoms with E-state index in [-0.39, 0.29) is 0 Å². The molecule has 0 atom stereocenters. The molecule has 1 aliphatic carbocycles. The first-order chi connectivity index (χ1) is 9.79. The standard InChI is InChI=1S/C15H21BrN4/c1-2-8-17-15-18-9-12-13(16)10-20(14(12)19-15)11-6-4-3-5-7-11/h9-11H,2-8H2,1H3,(H,17,18,19). The molecule has 2 aromatic heterocycles. The highest BCUT2D eigenvalue weighted by Gasteiger charge is 2.19. The van der Waals surface area contributed by atoms with Crippen LogP contribution in [-0.4, -0.2) is 21.1 Å². The number of anilines is 1. The Kier molecular flexibility index (Phi) is 4.24. The van der Waals surface area contributed by atoms with E-state index >= 15 is 0 Å². The SMILES string of the molecule is CCCNc1ncc2c(Br)cn(C3CCCCC3)c2n1. The van der Waals surface area contributed by atoms with Crippen molar-refractivity contribution < 1.29 is 0 Å². The highest BCUT2D eigenvalue weighted by atomic mass is 79.9. The van der Waals surface area contributed by atoms with Gasteiger partial charge in [-0.05, 0) is 35.2 Å². The van der Waals surface area contributed by atoms with Gasteiger partial charge in [0.25, 0.3) is 0 Å². The van der Waals surface area contributed by atoms with Gasteiger partial charge in [-0.25, -0.2) is 4.98 Å². The average Bonchev–Trinajstić information content (AvgIpc) is 2.83. The van der Waals surface area contributed by atoms with E-state index in [4.69, 9.17) is 4.98 Å². The molecular formula is C15H21BrN4. The summed E-state index contributed by atoms with van der Waals surface area (Å²) < 4.78 is 3.44. The van der Waals surface area contributed by atoms with Crippen molar-refractivity contribution in [3.05, 3.63) is 16.9 Å². The van der Waals surface area contributed by atoms with Gasteiger partial charge >= 0.3 is 0 Å². The molecule has 4 nitrogen and oxygen atoms in total. The Morgan fingerprint density at radius 1 is 1.35 bits per heavy atom. The summed E-state index contributed by atoms with van der Waals surface area (Å²) in [5.74, 6) is 0.738. The molecule has 3 rings (SSSR count). The second kappa shape index (κ2) is 6.12. The molecule has 1 saturated carbocycles. The zero-order valence-corrected chi connectivity index (χ0v) is 13.5. The lowest BCUT2D eigenvalue weighted by Gasteiger charge is -2.23. The van der Waals surface area contributed by atoms with Crippen molar-refractivity contribution in [3.8, 4) is 0 Å². The molecule has 0 aromatic carbocycles. The van der Waals surface area contributed by atoms with Crippen LogP contribution in [0.1, 0.15) is 51.5 Å². The van der Waals surface area contributed by atoms with E-state index < -0.39 is 0 Å². The highest BCUT2D eigenvalue weighted by Crippen LogP contribution is 2.34. The molecule has 0 saturated heterocycles. The van der Waals surface area contributed by atoms with E-state index in [0.29, 0.717) is 6.04 Å². The van der Waals surface area contributed by atoms with Crippen molar-refractivity contribution in [2.75, 3.05) is 11.9 Å². The van der Waals surface area contributed by atoms with Crippen LogP contribution < -0.4 is 5.32 Å². The third-order valence-corrected chi connectivity index (χ3v) is 4.66. The lowest BCUT2D eigenvalue weighted by molar-refractivity contribution is 0.359. The molecule has 0 bridgehead atoms. The number of rotatable bonds is 4. The summed E-state index contributed by atoms with van der Waals surface area (Å²) in [4.78, 5) is 9.12. The van der Waals surface area contributed by atoms with E-state index in [9.17, 15) is 0 Å². The van der Waals surface area contributed by atoms with Crippen molar-refractivity contribution in [3.63, 3.8) is 0 Å². The molecule has 1 fully saturated rings. The first kappa shape index (κ1) is 13.9. The van der Waals surface area contributed by atoms with E-state index in [0.717, 1.165) is 34.4 Å². The fourth-order valence-electron chi connectivity index (χ4n) is 2.95. The van der Waals surface area contributed by atoms with Gasteiger partial charge in [0.05, 0.1) is 5.39 Å². The maximum atomic E-state index is 4.72. The van der Waals surface area contributed by atoms with Gasteiger partial charge in [0, 0.05) is 29.5 Å². The average molecular weight is 337 g/mol. The smallest absolute Gasteiger partial charge is 0.224 e. The van der Waals surface area contributed by atoms with Gasteiger partial charge in [0.15, 0.2) is 0 Å². The second-order valence-corrected chi connectivity index (χ2v) is 6.39. The van der Waals surface area contributed by atoms with Gasteiger partial charge in [-0.3, -0.25) is 0 Å². The summed E-state index contributed by atoms with van der Waals surface area (Å²) in [6, 6.07) is 0.589. The van der Waals surface area contributed by atoms with E-state index in [2.05, 4.69) is 43.9 Å². The Balaban J connectivity index is 1.97. The van der Waals surface area contributed by atoms with Crippen LogP contribution in [-0.2, 0) is 0 Å². The molecule has 1 N–H and O–H groups in total. The third-order valence-electron chi connectivity index (χ3n) is 4.02. The van der Waals surface area contributed by atoms with Crippen LogP contribution in [0.5, 0.6) is 0 Å². The first-order valence-corrected chi connectivity index (χ1v) is 8.36. The van der Waals surface area contributed by atoms with Gasteiger partial charge in [-0.2, -0.15) is 4.98 Å². The van der Waals surface area contributed by atoms with Gasteiger partial charge < -0.3 is 9.88 Å². The summed E-state index contributed by atoms with van der Waals surface area (Å²) in [5.41, 5.74) is 1.05. The zero-order valence-electron chi connectivity index (χ0n) is 11.9. The molecule has 0 radical (unpaired) electrons. The molecule has 0 unspecified atom stereocenters. The molecule has 1 aliphatic rings. The number of hydrogen-bond donors (Lipinski definition) is 1. The normalized spacial score (nSPS) is 16.7. The van der Waals surface area contributed by atoms with Crippen LogP contribution in [0, 0.1) is 0 Å². The van der Waals surface area contributed by atoms with Gasteiger partial charge in [0.2, 0.25) is 5.95 Å². The first-order valence-electron chi connectivity index (χ1n) is 7.56. The van der Waals surface area contributed by atoms with Gasteiger partial charge in [-0.15, -0.1) is 0 Å². The van der Waals surface area contributed by atoms with Gasteiger partial charge in [-0.1, -0.05) is 26.2 Å². The van der Waals surface area contributed by atoms with Crippen molar-refractivity contribution in [2.24, 2.45) is 0 Å². The Labute approximate surface area is 128 Å². The monoisotopic (exact) mass is 336 g/mol. The summed E-state index contributed by atoms with van der Waals surface area (Å²) >= 11 is 3.64. The Morgan fingerprint density at radius 2 is 2.15 bits per heavy atom. The number of fused-ring (bicyclic) bond motifs is 1. The number of aromatic nitrogens is 3. The van der Waals surface area contributed by atoms with Crippen LogP contribution in [0.15, 0.2) is 16.9 Å². The van der Waals surface area contributed by atoms with Crippen LogP contribution in [0.3, 0.4) is 0 Å². The maximum absolute atomic E-state index is 4.72. The van der Waals surface area contributed by atoms with Crippen LogP contribution in [0.4, 0.5) is 5.95 Å². The third kappa shape index (κ3) is 2.68. The minimum absolute atomic E-state index is 0.589. The number of halogens is 1. The van der Waals surface area contributed by atoms with Crippen molar-refractivity contribution in [1.82, 2.24) is 14.5 Å². The minimum atomic E-state index is 0.589. The molecule has 5 heteroatoms. The highest BCUT2D eigenvalue weighted by molar-refractivity contribution is 9.10. The molecule has 0 amide bonds. The van der Waals surface area contributed by atoms with Crippen LogP contribution in [0.2, 0.25) is 0 Å². The van der Waals surface area contributed by atoms with Crippen molar-refractivity contribution >= 4 is 32.9 Å². The molecule has 2 heterocycles. The Hall–Kier alpha value is -1.10. The van der Waals surface area contributed by atoms with Crippen molar-refractivity contribution in [2.45, 2.75) is 51.5 Å². The quantitative estimate of drug-likeness (QED) is 0.892. The molecular weight excluding hydrogens is 316 g/mol. The topological polar surface area (TPSA) is 42.7 Å². The van der Waals surface area contributed by atoms with Crippen LogP contribution >= 0.6 is 15.9 Å². The number of nitrogens with zero attached hydrogens (tertiary/aromatic N) is 3. The predicted molar refractivity (Wildman–Crippen MR) is 86.1 cm³/mol. The fraction of sp³-hybridized carbons (Fsp3) is 0.600. The summed E-state index contributed by atoms with van der Waals surface area (Å²) in [6.07, 6.45) is 11.7. The Morgan fingerprint density at radius 3 is 2.90 bits per heavy atom. The predicted octanol–water partition coefficient (Wildman–Crippen LogP) is 4.52. The van der Waals surface area contributed by atoms with Gasteiger partial charge in [0.1, 0.15) is 5.65 Å². The largest absolute Gasteiger partial charge is 0.354 e. The maximum Gasteiger partial charge on any atom is 0.224 e. The fourth-order valence-corrected chi connectivity index (χ4v) is 3.45. The van der Waals surface area contributed by atoms with Crippen LogP contribution in [0.25, 0.3) is 11.0 Å². The zero-order chi connectivity index (χ0) is 13.9. The van der Waals surface area contributed by atoms with E-state index in [1.54, 1.807) is 0 Å². The summed E-state index contributed by atoms with van der Waals surface area (Å²) in [5, 5.41) is 4.38. The van der Waals surface area contributed by atoms with Crippen molar-refractivity contribution in [1.29, 1.82) is 0 Å². The number of hydrogen-bond acceptors (Lipinski definition) is 3. The van der Waals surface area contributed by atoms with E-state index in [1.165, 1.54) is 32.1 Å². The number of nitrogens with one attached hydrogen (secondary N) is 1. The second-order valence-electron chi connectivity index (χ2n) is 5.53. The summed E-state index contributed by atoms with van der Waals surface area (Å²) in [6.45, 7) is 3.06. The van der Waals surface area contributed by atoms with E-state index in [1.807, 2.05) is 6.20 Å². The Bertz CT molecular complexity index is 587. The lowest BCUT2D eigenvalue weighted by atomic mass is 9.95. The molecule has 108 valence electrons. The minimum Gasteiger partial charge on any atom is -0.354 e. The molecule has 2 aromatic rings.